The molecule has 3 rings (SSSR count). The Balaban J connectivity index is 1.73. The van der Waals surface area contributed by atoms with Crippen molar-refractivity contribution in [1.82, 2.24) is 5.32 Å². The van der Waals surface area contributed by atoms with Gasteiger partial charge in [0.05, 0.1) is 31.2 Å². The number of anilines is 1. The van der Waals surface area contributed by atoms with Crippen molar-refractivity contribution in [1.29, 1.82) is 0 Å². The number of fused-ring (bicyclic) bond motifs is 1. The van der Waals surface area contributed by atoms with E-state index in [1.165, 1.54) is 11.8 Å². The van der Waals surface area contributed by atoms with Gasteiger partial charge in [0.1, 0.15) is 6.10 Å². The fraction of sp³-hybridized carbons (Fsp3) is 0.529. The van der Waals surface area contributed by atoms with Crippen LogP contribution in [0, 0.1) is 5.92 Å². The zero-order chi connectivity index (χ0) is 17.8. The van der Waals surface area contributed by atoms with Crippen LogP contribution >= 0.6 is 11.8 Å². The lowest BCUT2D eigenvalue weighted by Gasteiger charge is -2.37. The fourth-order valence-electron chi connectivity index (χ4n) is 3.18. The summed E-state index contributed by atoms with van der Waals surface area (Å²) >= 11 is 1.45. The summed E-state index contributed by atoms with van der Waals surface area (Å²) < 4.78 is 4.99. The van der Waals surface area contributed by atoms with Crippen molar-refractivity contribution in [2.45, 2.75) is 29.9 Å². The largest absolute Gasteiger partial charge is 0.390 e. The van der Waals surface area contributed by atoms with E-state index in [-0.39, 0.29) is 17.6 Å². The van der Waals surface area contributed by atoms with Crippen LogP contribution < -0.4 is 10.6 Å². The van der Waals surface area contributed by atoms with Crippen LogP contribution in [0.2, 0.25) is 0 Å². The predicted molar refractivity (Wildman–Crippen MR) is 97.7 cm³/mol. The first-order chi connectivity index (χ1) is 12.1. The summed E-state index contributed by atoms with van der Waals surface area (Å²) in [7, 11) is 1.61. The van der Waals surface area contributed by atoms with Crippen molar-refractivity contribution >= 4 is 28.5 Å². The average molecular weight is 365 g/mol. The number of nitrogens with one attached hydrogen (secondary N) is 2. The molecule has 1 aliphatic carbocycles. The lowest BCUT2D eigenvalue weighted by molar-refractivity contribution is -0.124. The number of aliphatic imine (C=N–C) groups is 1. The first-order valence-corrected chi connectivity index (χ1v) is 9.16. The van der Waals surface area contributed by atoms with Crippen LogP contribution in [0.15, 0.2) is 35.3 Å². The number of para-hydroxylation sites is 1. The third kappa shape index (κ3) is 4.14. The minimum atomic E-state index is -0.945. The minimum absolute atomic E-state index is 0.153. The summed E-state index contributed by atoms with van der Waals surface area (Å²) in [6.07, 6.45) is -1.64. The van der Waals surface area contributed by atoms with Crippen LogP contribution in [-0.4, -0.2) is 65.0 Å². The SMILES string of the molecule is COCCN=C1NC2C(O)C(O)CC(C(=O)Nc3ccccc3)C2S1. The van der Waals surface area contributed by atoms with Crippen molar-refractivity contribution in [3.63, 3.8) is 0 Å². The maximum absolute atomic E-state index is 12.7. The molecule has 4 N–H and O–H groups in total. The van der Waals surface area contributed by atoms with Gasteiger partial charge in [-0.3, -0.25) is 9.79 Å². The molecule has 2 aliphatic rings. The molecule has 5 unspecified atom stereocenters. The van der Waals surface area contributed by atoms with Crippen molar-refractivity contribution in [2.24, 2.45) is 10.9 Å². The highest BCUT2D eigenvalue weighted by atomic mass is 32.2. The van der Waals surface area contributed by atoms with E-state index in [4.69, 9.17) is 4.74 Å². The van der Waals surface area contributed by atoms with E-state index in [1.807, 2.05) is 30.3 Å². The first kappa shape index (κ1) is 18.2. The summed E-state index contributed by atoms with van der Waals surface area (Å²) in [6, 6.07) is 8.82. The molecule has 25 heavy (non-hydrogen) atoms. The van der Waals surface area contributed by atoms with Gasteiger partial charge < -0.3 is 25.6 Å². The molecule has 1 saturated heterocycles. The highest BCUT2D eigenvalue weighted by molar-refractivity contribution is 8.14. The summed E-state index contributed by atoms with van der Waals surface area (Å²) in [6.45, 7) is 1.01. The van der Waals surface area contributed by atoms with Gasteiger partial charge in [-0.05, 0) is 18.6 Å². The number of thioether (sulfide) groups is 1. The first-order valence-electron chi connectivity index (χ1n) is 8.28. The number of ether oxygens (including phenoxy) is 1. The Bertz CT molecular complexity index is 628. The number of rotatable bonds is 5. The third-order valence-electron chi connectivity index (χ3n) is 4.47. The third-order valence-corrected chi connectivity index (χ3v) is 5.84. The van der Waals surface area contributed by atoms with E-state index in [0.717, 1.165) is 5.69 Å². The van der Waals surface area contributed by atoms with Gasteiger partial charge in [0.15, 0.2) is 5.17 Å². The van der Waals surface area contributed by atoms with Crippen molar-refractivity contribution in [3.8, 4) is 0 Å². The number of aliphatic hydroxyl groups is 2. The second kappa shape index (κ2) is 8.18. The van der Waals surface area contributed by atoms with Crippen LogP contribution in [0.3, 0.4) is 0 Å². The quantitative estimate of drug-likeness (QED) is 0.565. The molecule has 1 amide bonds. The molecule has 1 heterocycles. The van der Waals surface area contributed by atoms with Gasteiger partial charge in [0.2, 0.25) is 5.91 Å². The van der Waals surface area contributed by atoms with Crippen LogP contribution in [0.5, 0.6) is 0 Å². The molecule has 5 atom stereocenters. The van der Waals surface area contributed by atoms with E-state index >= 15 is 0 Å². The second-order valence-electron chi connectivity index (χ2n) is 6.19. The standard InChI is InChI=1S/C17H23N3O4S/c1-24-8-7-18-17-20-13-14(22)12(21)9-11(15(13)25-17)16(23)19-10-5-3-2-4-6-10/h2-6,11-15,21-22H,7-9H2,1H3,(H,18,20)(H,19,23). The molecule has 1 aliphatic heterocycles. The molecule has 1 saturated carbocycles. The minimum Gasteiger partial charge on any atom is -0.390 e. The zero-order valence-corrected chi connectivity index (χ0v) is 14.8. The Labute approximate surface area is 150 Å². The number of nitrogens with zero attached hydrogens (tertiary/aromatic N) is 1. The summed E-state index contributed by atoms with van der Waals surface area (Å²) in [5, 5.41) is 27.0. The molecule has 1 aromatic rings. The Morgan fingerprint density at radius 2 is 2.16 bits per heavy atom. The van der Waals surface area contributed by atoms with Gasteiger partial charge in [-0.25, -0.2) is 0 Å². The van der Waals surface area contributed by atoms with E-state index in [0.29, 0.717) is 18.3 Å². The summed E-state index contributed by atoms with van der Waals surface area (Å²) in [4.78, 5) is 17.1. The molecule has 0 spiro atoms. The lowest BCUT2D eigenvalue weighted by Crippen LogP contribution is -2.57. The monoisotopic (exact) mass is 365 g/mol. The number of hydrogen-bond acceptors (Lipinski definition) is 6. The number of benzene rings is 1. The van der Waals surface area contributed by atoms with E-state index in [2.05, 4.69) is 15.6 Å². The van der Waals surface area contributed by atoms with Gasteiger partial charge in [-0.1, -0.05) is 30.0 Å². The van der Waals surface area contributed by atoms with Crippen molar-refractivity contribution in [3.05, 3.63) is 30.3 Å². The predicted octanol–water partition coefficient (Wildman–Crippen LogP) is 0.443. The fourth-order valence-corrected chi connectivity index (χ4v) is 4.58. The van der Waals surface area contributed by atoms with Crippen LogP contribution in [0.4, 0.5) is 5.69 Å². The number of amidine groups is 1. The van der Waals surface area contributed by atoms with E-state index in [1.54, 1.807) is 7.11 Å². The number of methoxy groups -OCH3 is 1. The van der Waals surface area contributed by atoms with Gasteiger partial charge in [-0.15, -0.1) is 0 Å². The molecule has 8 heteroatoms. The number of carbonyl (C=O) groups is 1. The Morgan fingerprint density at radius 1 is 1.40 bits per heavy atom. The van der Waals surface area contributed by atoms with Crippen molar-refractivity contribution < 1.29 is 19.7 Å². The molecule has 0 radical (unpaired) electrons. The van der Waals surface area contributed by atoms with Crippen LogP contribution in [0.1, 0.15) is 6.42 Å². The van der Waals surface area contributed by atoms with Gasteiger partial charge in [0.25, 0.3) is 0 Å². The number of aliphatic hydroxyl groups excluding tert-OH is 2. The Morgan fingerprint density at radius 3 is 2.88 bits per heavy atom. The molecular formula is C17H23N3O4S. The Hall–Kier alpha value is -1.61. The lowest BCUT2D eigenvalue weighted by atomic mass is 9.81. The molecule has 7 nitrogen and oxygen atoms in total. The molecular weight excluding hydrogens is 342 g/mol. The number of carbonyl (C=O) groups excluding carboxylic acids is 1. The van der Waals surface area contributed by atoms with E-state index < -0.39 is 24.2 Å². The van der Waals surface area contributed by atoms with Gasteiger partial charge >= 0.3 is 0 Å². The highest BCUT2D eigenvalue weighted by Crippen LogP contribution is 2.39. The average Bonchev–Trinajstić information content (AvgIpc) is 3.03. The van der Waals surface area contributed by atoms with Crippen LogP contribution in [0.25, 0.3) is 0 Å². The topological polar surface area (TPSA) is 103 Å². The highest BCUT2D eigenvalue weighted by Gasteiger charge is 2.50. The number of amides is 1. The smallest absolute Gasteiger partial charge is 0.228 e. The Kier molecular flexibility index (Phi) is 5.95. The molecule has 2 fully saturated rings. The van der Waals surface area contributed by atoms with Crippen molar-refractivity contribution in [2.75, 3.05) is 25.6 Å². The maximum atomic E-state index is 12.7. The van der Waals surface area contributed by atoms with Gasteiger partial charge in [-0.2, -0.15) is 0 Å². The molecule has 0 bridgehead atoms. The normalized spacial score (nSPS) is 32.9. The van der Waals surface area contributed by atoms with Gasteiger partial charge in [0, 0.05) is 18.0 Å². The molecule has 1 aromatic carbocycles. The second-order valence-corrected chi connectivity index (χ2v) is 7.35. The molecule has 0 aromatic heterocycles. The maximum Gasteiger partial charge on any atom is 0.228 e. The van der Waals surface area contributed by atoms with Crippen LogP contribution in [-0.2, 0) is 9.53 Å². The van der Waals surface area contributed by atoms with E-state index in [9.17, 15) is 15.0 Å². The summed E-state index contributed by atoms with van der Waals surface area (Å²) in [5.74, 6) is -0.573. The molecule has 136 valence electrons. The summed E-state index contributed by atoms with van der Waals surface area (Å²) in [5.41, 5.74) is 0.717. The zero-order valence-electron chi connectivity index (χ0n) is 14.0. The number of hydrogen-bond donors (Lipinski definition) is 4.